The maximum atomic E-state index is 12.0. The van der Waals surface area contributed by atoms with E-state index in [1.54, 1.807) is 13.8 Å². The zero-order valence-electron chi connectivity index (χ0n) is 14.4. The van der Waals surface area contributed by atoms with Crippen LogP contribution < -0.4 is 0 Å². The van der Waals surface area contributed by atoms with E-state index in [0.717, 1.165) is 0 Å². The molecule has 0 radical (unpaired) electrons. The van der Waals surface area contributed by atoms with Crippen molar-refractivity contribution < 1.29 is 31.7 Å². The van der Waals surface area contributed by atoms with Crippen molar-refractivity contribution in [3.63, 3.8) is 0 Å². The average molecular weight is 360 g/mol. The van der Waals surface area contributed by atoms with Crippen molar-refractivity contribution in [3.8, 4) is 0 Å². The average Bonchev–Trinajstić information content (AvgIpc) is 3.07. The first-order chi connectivity index (χ1) is 11.1. The van der Waals surface area contributed by atoms with E-state index in [2.05, 4.69) is 0 Å². The van der Waals surface area contributed by atoms with E-state index in [4.69, 9.17) is 13.7 Å². The van der Waals surface area contributed by atoms with Gasteiger partial charge in [-0.15, -0.1) is 0 Å². The molecule has 3 rings (SSSR count). The number of hydrogen-bond donors (Lipinski definition) is 0. The summed E-state index contributed by atoms with van der Waals surface area (Å²) in [6, 6.07) is 0. The molecule has 0 spiro atoms. The maximum Gasteiger partial charge on any atom is 0.344 e. The van der Waals surface area contributed by atoms with Crippen LogP contribution in [0.2, 0.25) is 0 Å². The smallest absolute Gasteiger partial charge is 0.344 e. The van der Waals surface area contributed by atoms with E-state index in [9.17, 15) is 18.0 Å². The highest BCUT2D eigenvalue weighted by Crippen LogP contribution is 2.58. The van der Waals surface area contributed by atoms with Crippen LogP contribution >= 0.6 is 0 Å². The lowest BCUT2D eigenvalue weighted by molar-refractivity contribution is -0.171. The van der Waals surface area contributed by atoms with Gasteiger partial charge in [0.15, 0.2) is 6.61 Å². The molecule has 2 saturated carbocycles. The number of carbonyl (C=O) groups is 2. The molecule has 3 aliphatic rings. The molecule has 1 saturated heterocycles. The van der Waals surface area contributed by atoms with Crippen LogP contribution in [0.1, 0.15) is 40.5 Å². The molecule has 2 bridgehead atoms. The lowest BCUT2D eigenvalue weighted by Crippen LogP contribution is -2.42. The van der Waals surface area contributed by atoms with Gasteiger partial charge in [-0.05, 0) is 32.6 Å². The van der Waals surface area contributed by atoms with E-state index in [0.29, 0.717) is 12.8 Å². The molecule has 7 nitrogen and oxygen atoms in total. The second kappa shape index (κ2) is 5.69. The standard InChI is InChI=1S/C16H24O7S/c1-5-16(3,4)15(18)21-7-11(17)22-12-9-6-10-13(12)23-24(19,20)14(10)8(9)2/h8-10,12-14H,5-7H2,1-4H3. The summed E-state index contributed by atoms with van der Waals surface area (Å²) >= 11 is 0. The van der Waals surface area contributed by atoms with Crippen LogP contribution in [0, 0.1) is 23.2 Å². The van der Waals surface area contributed by atoms with Gasteiger partial charge in [0.25, 0.3) is 10.1 Å². The van der Waals surface area contributed by atoms with Crippen molar-refractivity contribution in [1.29, 1.82) is 0 Å². The summed E-state index contributed by atoms with van der Waals surface area (Å²) in [7, 11) is -3.57. The Labute approximate surface area is 142 Å². The lowest BCUT2D eigenvalue weighted by Gasteiger charge is -2.29. The molecule has 136 valence electrons. The first-order valence-electron chi connectivity index (χ1n) is 8.37. The third-order valence-corrected chi connectivity index (χ3v) is 7.87. The molecule has 0 aromatic rings. The molecule has 2 aliphatic carbocycles. The fraction of sp³-hybridized carbons (Fsp3) is 0.875. The van der Waals surface area contributed by atoms with Crippen molar-refractivity contribution in [3.05, 3.63) is 0 Å². The first kappa shape index (κ1) is 17.7. The number of hydrogen-bond acceptors (Lipinski definition) is 7. The zero-order chi connectivity index (χ0) is 17.9. The fourth-order valence-electron chi connectivity index (χ4n) is 4.16. The van der Waals surface area contributed by atoms with Gasteiger partial charge in [0.2, 0.25) is 0 Å². The summed E-state index contributed by atoms with van der Waals surface area (Å²) in [6.07, 6.45) is 0.118. The van der Waals surface area contributed by atoms with Gasteiger partial charge in [0.05, 0.1) is 10.7 Å². The number of fused-ring (bicyclic) bond motifs is 1. The first-order valence-corrected chi connectivity index (χ1v) is 9.84. The zero-order valence-corrected chi connectivity index (χ0v) is 15.2. The number of esters is 2. The Bertz CT molecular complexity index is 653. The van der Waals surface area contributed by atoms with Crippen molar-refractivity contribution in [2.24, 2.45) is 23.2 Å². The predicted octanol–water partition coefficient (Wildman–Crippen LogP) is 1.26. The van der Waals surface area contributed by atoms with E-state index in [-0.39, 0.29) is 17.8 Å². The minimum Gasteiger partial charge on any atom is -0.457 e. The molecule has 1 aliphatic heterocycles. The van der Waals surface area contributed by atoms with E-state index < -0.39 is 51.5 Å². The van der Waals surface area contributed by atoms with Gasteiger partial charge < -0.3 is 9.47 Å². The highest BCUT2D eigenvalue weighted by molar-refractivity contribution is 7.87. The second-order valence-electron chi connectivity index (χ2n) is 7.71. The lowest BCUT2D eigenvalue weighted by atomic mass is 9.86. The minimum atomic E-state index is -3.57. The van der Waals surface area contributed by atoms with Gasteiger partial charge in [0.1, 0.15) is 12.2 Å². The molecule has 6 atom stereocenters. The summed E-state index contributed by atoms with van der Waals surface area (Å²) < 4.78 is 39.7. The molecule has 24 heavy (non-hydrogen) atoms. The van der Waals surface area contributed by atoms with Gasteiger partial charge in [-0.25, -0.2) is 4.79 Å². The van der Waals surface area contributed by atoms with Crippen LogP contribution in [0.25, 0.3) is 0 Å². The molecule has 8 heteroatoms. The molecular weight excluding hydrogens is 336 g/mol. The summed E-state index contributed by atoms with van der Waals surface area (Å²) in [5.74, 6) is -1.34. The number of carbonyl (C=O) groups excluding carboxylic acids is 2. The molecule has 0 N–H and O–H groups in total. The normalized spacial score (nSPS) is 39.0. The highest BCUT2D eigenvalue weighted by Gasteiger charge is 2.68. The van der Waals surface area contributed by atoms with Gasteiger partial charge in [-0.3, -0.25) is 8.98 Å². The SMILES string of the molecule is CCC(C)(C)C(=O)OCC(=O)OC1C2CC3C1OS(=O)(=O)C3C2C. The molecular formula is C16H24O7S. The Hall–Kier alpha value is -1.15. The largest absolute Gasteiger partial charge is 0.457 e. The summed E-state index contributed by atoms with van der Waals surface area (Å²) in [6.45, 7) is 6.76. The third kappa shape index (κ3) is 2.63. The predicted molar refractivity (Wildman–Crippen MR) is 83.3 cm³/mol. The van der Waals surface area contributed by atoms with Crippen LogP contribution in [0.15, 0.2) is 0 Å². The molecule has 0 amide bonds. The molecule has 6 unspecified atom stereocenters. The Morgan fingerprint density at radius 2 is 1.92 bits per heavy atom. The molecule has 0 aromatic carbocycles. The Kier molecular flexibility index (Phi) is 4.19. The summed E-state index contributed by atoms with van der Waals surface area (Å²) in [5.41, 5.74) is -0.656. The summed E-state index contributed by atoms with van der Waals surface area (Å²) in [5, 5.41) is -0.481. The Morgan fingerprint density at radius 3 is 2.54 bits per heavy atom. The monoisotopic (exact) mass is 360 g/mol. The Balaban J connectivity index is 1.60. The van der Waals surface area contributed by atoms with Gasteiger partial charge >= 0.3 is 11.9 Å². The molecule has 1 heterocycles. The second-order valence-corrected chi connectivity index (χ2v) is 9.43. The van der Waals surface area contributed by atoms with Crippen LogP contribution in [0.5, 0.6) is 0 Å². The Morgan fingerprint density at radius 1 is 1.25 bits per heavy atom. The highest BCUT2D eigenvalue weighted by atomic mass is 32.2. The number of rotatable bonds is 5. The van der Waals surface area contributed by atoms with Crippen LogP contribution in [0.4, 0.5) is 0 Å². The van der Waals surface area contributed by atoms with Crippen molar-refractivity contribution in [2.45, 2.75) is 58.0 Å². The minimum absolute atomic E-state index is 0.0194. The van der Waals surface area contributed by atoms with E-state index >= 15 is 0 Å². The van der Waals surface area contributed by atoms with E-state index in [1.165, 1.54) is 0 Å². The fourth-order valence-corrected chi connectivity index (χ4v) is 6.28. The third-order valence-electron chi connectivity index (χ3n) is 5.93. The summed E-state index contributed by atoms with van der Waals surface area (Å²) in [4.78, 5) is 23.9. The molecule has 3 fully saturated rings. The van der Waals surface area contributed by atoms with Crippen LogP contribution in [-0.4, -0.2) is 44.4 Å². The van der Waals surface area contributed by atoms with Crippen molar-refractivity contribution in [1.82, 2.24) is 0 Å². The van der Waals surface area contributed by atoms with Crippen molar-refractivity contribution >= 4 is 22.1 Å². The quantitative estimate of drug-likeness (QED) is 0.538. The van der Waals surface area contributed by atoms with Crippen LogP contribution in [-0.2, 0) is 33.4 Å². The van der Waals surface area contributed by atoms with Gasteiger partial charge in [-0.2, -0.15) is 8.42 Å². The van der Waals surface area contributed by atoms with Gasteiger partial charge in [0, 0.05) is 11.8 Å². The van der Waals surface area contributed by atoms with E-state index in [1.807, 2.05) is 13.8 Å². The number of ether oxygens (including phenoxy) is 2. The van der Waals surface area contributed by atoms with Crippen LogP contribution in [0.3, 0.4) is 0 Å². The van der Waals surface area contributed by atoms with Crippen molar-refractivity contribution in [2.75, 3.05) is 6.61 Å². The maximum absolute atomic E-state index is 12.0. The van der Waals surface area contributed by atoms with Gasteiger partial charge in [-0.1, -0.05) is 13.8 Å². The topological polar surface area (TPSA) is 96.0 Å². The molecule has 0 aromatic heterocycles.